The number of hydrogen-bond acceptors (Lipinski definition) is 5. The Morgan fingerprint density at radius 1 is 1.14 bits per heavy atom. The second-order valence-electron chi connectivity index (χ2n) is 8.35. The van der Waals surface area contributed by atoms with Crippen molar-refractivity contribution >= 4 is 17.7 Å². The molecule has 7 nitrogen and oxygen atoms in total. The molecule has 0 N–H and O–H groups in total. The molecule has 1 aliphatic rings. The van der Waals surface area contributed by atoms with Gasteiger partial charge in [0.15, 0.2) is 0 Å². The first-order valence-electron chi connectivity index (χ1n) is 11.1. The largest absolute Gasteiger partial charge is 0.457 e. The summed E-state index contributed by atoms with van der Waals surface area (Å²) in [7, 11) is 1.45. The average molecular weight is 506 g/mol. The number of carbonyl (C=O) groups excluding carboxylic acids is 2. The van der Waals surface area contributed by atoms with Gasteiger partial charge in [-0.3, -0.25) is 9.88 Å². The van der Waals surface area contributed by atoms with Gasteiger partial charge in [0.25, 0.3) is 0 Å². The van der Waals surface area contributed by atoms with Crippen molar-refractivity contribution in [2.75, 3.05) is 11.9 Å². The van der Waals surface area contributed by atoms with Crippen molar-refractivity contribution in [1.29, 1.82) is 5.26 Å². The molecule has 0 bridgehead atoms. The van der Waals surface area contributed by atoms with Gasteiger partial charge in [0.2, 0.25) is 0 Å². The Morgan fingerprint density at radius 2 is 1.86 bits per heavy atom. The summed E-state index contributed by atoms with van der Waals surface area (Å²) in [6, 6.07) is 14.6. The van der Waals surface area contributed by atoms with Crippen LogP contribution in [0.3, 0.4) is 0 Å². The molecule has 0 fully saturated rings. The third kappa shape index (κ3) is 5.16. The number of likely N-dealkylation sites (N-methyl/N-ethyl adjacent to an activating group) is 1. The lowest BCUT2D eigenvalue weighted by Gasteiger charge is -2.41. The van der Waals surface area contributed by atoms with E-state index in [2.05, 4.69) is 4.98 Å². The fourth-order valence-electron chi connectivity index (χ4n) is 4.15. The summed E-state index contributed by atoms with van der Waals surface area (Å²) in [6.07, 6.45) is -1.50. The van der Waals surface area contributed by atoms with E-state index in [0.717, 1.165) is 17.0 Å². The van der Waals surface area contributed by atoms with Crippen molar-refractivity contribution in [2.24, 2.45) is 0 Å². The maximum Gasteiger partial charge on any atom is 0.416 e. The van der Waals surface area contributed by atoms with Crippen molar-refractivity contribution in [3.63, 3.8) is 0 Å². The second kappa shape index (κ2) is 10.1. The number of nitrogens with zero attached hydrogens (tertiary/aromatic N) is 4. The van der Waals surface area contributed by atoms with Gasteiger partial charge in [-0.25, -0.2) is 9.59 Å². The number of ether oxygens (including phenoxy) is 1. The SMILES string of the molecule is CC1=C(C(=O)OCc2cccnc2)C(c2ccc(C#N)cc2)N(C)C(=O)N1c1cccc(C(F)(F)F)c1. The smallest absolute Gasteiger partial charge is 0.416 e. The molecule has 4 rings (SSSR count). The molecule has 1 atom stereocenters. The first kappa shape index (κ1) is 25.4. The van der Waals surface area contributed by atoms with Crippen LogP contribution in [0.15, 0.2) is 84.3 Å². The van der Waals surface area contributed by atoms with E-state index in [9.17, 15) is 22.8 Å². The summed E-state index contributed by atoms with van der Waals surface area (Å²) >= 11 is 0. The Balaban J connectivity index is 1.82. The van der Waals surface area contributed by atoms with Crippen molar-refractivity contribution in [2.45, 2.75) is 25.7 Å². The van der Waals surface area contributed by atoms with Crippen LogP contribution in [0, 0.1) is 11.3 Å². The molecule has 0 aliphatic carbocycles. The van der Waals surface area contributed by atoms with Crippen molar-refractivity contribution in [3.05, 3.63) is 107 Å². The molecule has 10 heteroatoms. The maximum absolute atomic E-state index is 13.5. The second-order valence-corrected chi connectivity index (χ2v) is 8.35. The number of allylic oxidation sites excluding steroid dienone is 1. The quantitative estimate of drug-likeness (QED) is 0.421. The highest BCUT2D eigenvalue weighted by Crippen LogP contribution is 2.40. The van der Waals surface area contributed by atoms with E-state index >= 15 is 0 Å². The third-order valence-corrected chi connectivity index (χ3v) is 5.98. The number of benzene rings is 2. The highest BCUT2D eigenvalue weighted by Gasteiger charge is 2.42. The van der Waals surface area contributed by atoms with Crippen LogP contribution in [0.2, 0.25) is 0 Å². The van der Waals surface area contributed by atoms with Gasteiger partial charge in [-0.2, -0.15) is 18.4 Å². The fourth-order valence-corrected chi connectivity index (χ4v) is 4.15. The van der Waals surface area contributed by atoms with Crippen LogP contribution < -0.4 is 4.90 Å². The number of hydrogen-bond donors (Lipinski definition) is 0. The lowest BCUT2D eigenvalue weighted by Crippen LogP contribution is -2.49. The number of alkyl halides is 3. The molecular formula is C27H21F3N4O3. The summed E-state index contributed by atoms with van der Waals surface area (Å²) in [6.45, 7) is 1.40. The Hall–Kier alpha value is -4.65. The summed E-state index contributed by atoms with van der Waals surface area (Å²) in [5.74, 6) is -0.743. The predicted molar refractivity (Wildman–Crippen MR) is 128 cm³/mol. The van der Waals surface area contributed by atoms with E-state index in [-0.39, 0.29) is 23.6 Å². The van der Waals surface area contributed by atoms with Gasteiger partial charge in [0.05, 0.1) is 34.5 Å². The molecule has 0 saturated carbocycles. The van der Waals surface area contributed by atoms with Crippen LogP contribution in [0.5, 0.6) is 0 Å². The molecule has 0 saturated heterocycles. The summed E-state index contributed by atoms with van der Waals surface area (Å²) in [5, 5.41) is 9.14. The average Bonchev–Trinajstić information content (AvgIpc) is 2.89. The van der Waals surface area contributed by atoms with E-state index in [4.69, 9.17) is 10.00 Å². The maximum atomic E-state index is 13.5. The standard InChI is InChI=1S/C27H21F3N4O3/c1-17-23(25(35)37-16-19-5-4-12-32-15-19)24(20-10-8-18(14-31)9-11-20)33(2)26(36)34(17)22-7-3-6-21(13-22)27(28,29)30/h3-13,15,24H,16H2,1-2H3. The Bertz CT molecular complexity index is 1400. The van der Waals surface area contributed by atoms with Crippen molar-refractivity contribution < 1.29 is 27.5 Å². The van der Waals surface area contributed by atoms with Crippen LogP contribution in [-0.4, -0.2) is 28.9 Å². The van der Waals surface area contributed by atoms with Gasteiger partial charge in [-0.15, -0.1) is 0 Å². The van der Waals surface area contributed by atoms with E-state index in [1.807, 2.05) is 6.07 Å². The number of amides is 2. The molecule has 2 amide bonds. The monoisotopic (exact) mass is 506 g/mol. The van der Waals surface area contributed by atoms with Crippen molar-refractivity contribution in [1.82, 2.24) is 9.88 Å². The van der Waals surface area contributed by atoms with Gasteiger partial charge < -0.3 is 9.64 Å². The van der Waals surface area contributed by atoms with Gasteiger partial charge in [0.1, 0.15) is 6.61 Å². The number of aromatic nitrogens is 1. The van der Waals surface area contributed by atoms with Crippen LogP contribution in [0.1, 0.15) is 35.2 Å². The summed E-state index contributed by atoms with van der Waals surface area (Å²) in [5.41, 5.74) is 0.801. The van der Waals surface area contributed by atoms with Crippen LogP contribution >= 0.6 is 0 Å². The van der Waals surface area contributed by atoms with Gasteiger partial charge >= 0.3 is 18.2 Å². The highest BCUT2D eigenvalue weighted by atomic mass is 19.4. The van der Waals surface area contributed by atoms with Crippen LogP contribution in [-0.2, 0) is 22.3 Å². The van der Waals surface area contributed by atoms with E-state index in [0.29, 0.717) is 16.7 Å². The van der Waals surface area contributed by atoms with Crippen LogP contribution in [0.25, 0.3) is 0 Å². The van der Waals surface area contributed by atoms with Gasteiger partial charge in [-0.05, 0) is 48.9 Å². The predicted octanol–water partition coefficient (Wildman–Crippen LogP) is 5.60. The van der Waals surface area contributed by atoms with Crippen LogP contribution in [0.4, 0.5) is 23.7 Å². The minimum absolute atomic E-state index is 0.0417. The molecule has 1 aromatic heterocycles. The topological polar surface area (TPSA) is 86.5 Å². The molecule has 0 spiro atoms. The minimum Gasteiger partial charge on any atom is -0.457 e. The number of esters is 1. The molecular weight excluding hydrogens is 485 g/mol. The molecule has 3 aromatic rings. The number of anilines is 1. The molecule has 37 heavy (non-hydrogen) atoms. The zero-order valence-electron chi connectivity index (χ0n) is 19.9. The van der Waals surface area contributed by atoms with Gasteiger partial charge in [0, 0.05) is 30.7 Å². The summed E-state index contributed by atoms with van der Waals surface area (Å²) in [4.78, 5) is 33.2. The number of rotatable bonds is 5. The Labute approximate surface area is 211 Å². The number of nitriles is 1. The lowest BCUT2D eigenvalue weighted by atomic mass is 9.92. The Morgan fingerprint density at radius 3 is 2.49 bits per heavy atom. The van der Waals surface area contributed by atoms with Gasteiger partial charge in [-0.1, -0.05) is 24.3 Å². The third-order valence-electron chi connectivity index (χ3n) is 5.98. The first-order valence-corrected chi connectivity index (χ1v) is 11.1. The fraction of sp³-hybridized carbons (Fsp3) is 0.185. The van der Waals surface area contributed by atoms with E-state index < -0.39 is 29.8 Å². The number of halogens is 3. The van der Waals surface area contributed by atoms with Crippen molar-refractivity contribution in [3.8, 4) is 6.07 Å². The molecule has 1 unspecified atom stereocenters. The number of carbonyl (C=O) groups is 2. The number of pyridine rings is 1. The van der Waals surface area contributed by atoms with E-state index in [1.54, 1.807) is 42.6 Å². The zero-order valence-corrected chi connectivity index (χ0v) is 19.9. The molecule has 2 aromatic carbocycles. The highest BCUT2D eigenvalue weighted by molar-refractivity contribution is 6.03. The van der Waals surface area contributed by atoms with E-state index in [1.165, 1.54) is 37.2 Å². The molecule has 188 valence electrons. The molecule has 1 aliphatic heterocycles. The Kier molecular flexibility index (Phi) is 6.98. The lowest BCUT2D eigenvalue weighted by molar-refractivity contribution is -0.141. The first-order chi connectivity index (χ1) is 17.6. The molecule has 0 radical (unpaired) electrons. The molecule has 2 heterocycles. The number of urea groups is 1. The summed E-state index contributed by atoms with van der Waals surface area (Å²) < 4.78 is 45.7. The zero-order chi connectivity index (χ0) is 26.7. The normalized spacial score (nSPS) is 16.0. The minimum atomic E-state index is -4.62.